The van der Waals surface area contributed by atoms with E-state index in [2.05, 4.69) is 10.3 Å². The second-order valence-corrected chi connectivity index (χ2v) is 9.69. The number of pyridine rings is 1. The van der Waals surface area contributed by atoms with Gasteiger partial charge in [0, 0.05) is 42.1 Å². The van der Waals surface area contributed by atoms with Crippen LogP contribution in [0.5, 0.6) is 5.75 Å². The van der Waals surface area contributed by atoms with Crippen molar-refractivity contribution < 1.29 is 23.1 Å². The average Bonchev–Trinajstić information content (AvgIpc) is 3.29. The summed E-state index contributed by atoms with van der Waals surface area (Å²) in [6, 6.07) is 14.3. The first-order valence-corrected chi connectivity index (χ1v) is 12.2. The van der Waals surface area contributed by atoms with Crippen molar-refractivity contribution in [2.75, 3.05) is 13.1 Å². The molecule has 0 saturated carbocycles. The second-order valence-electron chi connectivity index (χ2n) is 9.29. The minimum absolute atomic E-state index is 0.233. The largest absolute Gasteiger partial charge is 0.484 e. The molecule has 1 saturated heterocycles. The number of amides is 2. The Hall–Kier alpha value is -3.78. The van der Waals surface area contributed by atoms with Crippen LogP contribution in [0, 0.1) is 6.92 Å². The summed E-state index contributed by atoms with van der Waals surface area (Å²) in [7, 11) is 0. The number of nitrogens with one attached hydrogen (secondary N) is 1. The average molecular weight is 524 g/mol. The van der Waals surface area contributed by atoms with Crippen LogP contribution in [-0.2, 0) is 17.8 Å². The molecule has 5 rings (SSSR count). The first-order chi connectivity index (χ1) is 17.7. The van der Waals surface area contributed by atoms with Crippen LogP contribution >= 0.6 is 11.6 Å². The Kier molecular flexibility index (Phi) is 6.69. The van der Waals surface area contributed by atoms with E-state index in [0.717, 1.165) is 32.8 Å². The lowest BCUT2D eigenvalue weighted by atomic mass is 9.99. The number of aryl methyl sites for hydroxylation is 1. The van der Waals surface area contributed by atoms with Gasteiger partial charge in [-0.25, -0.2) is 8.78 Å². The van der Waals surface area contributed by atoms with Crippen molar-refractivity contribution in [2.24, 2.45) is 0 Å². The molecule has 0 spiro atoms. The quantitative estimate of drug-likeness (QED) is 0.463. The minimum Gasteiger partial charge on any atom is -0.484 e. The molecule has 190 valence electrons. The fourth-order valence-corrected chi connectivity index (χ4v) is 4.59. The van der Waals surface area contributed by atoms with Gasteiger partial charge in [-0.05, 0) is 60.0 Å². The van der Waals surface area contributed by atoms with E-state index < -0.39 is 24.9 Å². The summed E-state index contributed by atoms with van der Waals surface area (Å²) in [6.45, 7) is 1.19. The molecule has 0 radical (unpaired) electrons. The summed E-state index contributed by atoms with van der Waals surface area (Å²) in [5.41, 5.74) is 4.77. The number of hydrogen-bond donors (Lipinski definition) is 1. The Balaban J connectivity index is 1.20. The Morgan fingerprint density at radius 2 is 1.92 bits per heavy atom. The first kappa shape index (κ1) is 24.9. The van der Waals surface area contributed by atoms with E-state index in [1.807, 2.05) is 25.1 Å². The fourth-order valence-electron chi connectivity index (χ4n) is 4.31. The molecule has 1 fully saturated rings. The van der Waals surface area contributed by atoms with Gasteiger partial charge in [0.2, 0.25) is 5.91 Å². The van der Waals surface area contributed by atoms with E-state index in [1.165, 1.54) is 6.08 Å². The SMILES string of the molecule is Cc1ccc(CNC(=O)/C=C/C2Cc3cc(-c4ccc(C(=O)N5CC(F)(F)C5)cc4)cc(Cl)c3O2)cn1. The van der Waals surface area contributed by atoms with Crippen LogP contribution in [0.25, 0.3) is 11.1 Å². The molecule has 0 aliphatic carbocycles. The zero-order valence-electron chi connectivity index (χ0n) is 20.0. The van der Waals surface area contributed by atoms with Gasteiger partial charge in [-0.15, -0.1) is 0 Å². The van der Waals surface area contributed by atoms with E-state index in [0.29, 0.717) is 29.3 Å². The minimum atomic E-state index is -2.80. The summed E-state index contributed by atoms with van der Waals surface area (Å²) in [5, 5.41) is 3.27. The van der Waals surface area contributed by atoms with Crippen molar-refractivity contribution >= 4 is 23.4 Å². The maximum Gasteiger partial charge on any atom is 0.282 e. The van der Waals surface area contributed by atoms with Gasteiger partial charge in [0.25, 0.3) is 11.8 Å². The predicted molar refractivity (Wildman–Crippen MR) is 136 cm³/mol. The van der Waals surface area contributed by atoms with Crippen molar-refractivity contribution in [1.82, 2.24) is 15.2 Å². The van der Waals surface area contributed by atoms with Crippen LogP contribution in [0.3, 0.4) is 0 Å². The number of carbonyl (C=O) groups is 2. The molecule has 2 aliphatic rings. The molecule has 1 unspecified atom stereocenters. The number of nitrogens with zero attached hydrogens (tertiary/aromatic N) is 2. The van der Waals surface area contributed by atoms with Crippen molar-refractivity contribution in [3.63, 3.8) is 0 Å². The van der Waals surface area contributed by atoms with E-state index in [4.69, 9.17) is 16.3 Å². The Morgan fingerprint density at radius 1 is 1.16 bits per heavy atom. The normalized spacial score (nSPS) is 17.7. The summed E-state index contributed by atoms with van der Waals surface area (Å²) in [6.07, 6.45) is 5.11. The number of hydrogen-bond acceptors (Lipinski definition) is 4. The lowest BCUT2D eigenvalue weighted by Gasteiger charge is -2.38. The molecule has 37 heavy (non-hydrogen) atoms. The van der Waals surface area contributed by atoms with Gasteiger partial charge in [0.05, 0.1) is 18.1 Å². The van der Waals surface area contributed by atoms with E-state index in [9.17, 15) is 18.4 Å². The molecule has 3 aromatic rings. The van der Waals surface area contributed by atoms with Crippen LogP contribution in [0.15, 0.2) is 66.9 Å². The highest BCUT2D eigenvalue weighted by molar-refractivity contribution is 6.32. The number of aromatic nitrogens is 1. The van der Waals surface area contributed by atoms with E-state index >= 15 is 0 Å². The van der Waals surface area contributed by atoms with Gasteiger partial charge in [0.1, 0.15) is 11.9 Å². The molecular weight excluding hydrogens is 500 g/mol. The summed E-state index contributed by atoms with van der Waals surface area (Å²) in [4.78, 5) is 29.9. The molecular formula is C28H24ClF2N3O3. The summed E-state index contributed by atoms with van der Waals surface area (Å²) < 4.78 is 32.1. The summed E-state index contributed by atoms with van der Waals surface area (Å²) in [5.74, 6) is -2.86. The van der Waals surface area contributed by atoms with Crippen LogP contribution in [0.1, 0.15) is 27.2 Å². The second kappa shape index (κ2) is 9.94. The third-order valence-corrected chi connectivity index (χ3v) is 6.59. The number of carbonyl (C=O) groups excluding carboxylic acids is 2. The zero-order valence-corrected chi connectivity index (χ0v) is 20.8. The van der Waals surface area contributed by atoms with E-state index in [-0.39, 0.29) is 12.0 Å². The third kappa shape index (κ3) is 5.64. The zero-order chi connectivity index (χ0) is 26.2. The standard InChI is InChI=1S/C28H24ClF2N3O3/c1-17-2-3-18(13-32-17)14-33-25(35)9-8-23-11-22-10-21(12-24(29)26(22)37-23)19-4-6-20(7-5-19)27(36)34-15-28(30,31)16-34/h2-10,12-13,23H,11,14-16H2,1H3,(H,33,35)/b9-8+. The van der Waals surface area contributed by atoms with Gasteiger partial charge < -0.3 is 15.0 Å². The highest BCUT2D eigenvalue weighted by Gasteiger charge is 2.46. The molecule has 1 aromatic heterocycles. The van der Waals surface area contributed by atoms with Crippen molar-refractivity contribution in [3.05, 3.63) is 94.3 Å². The van der Waals surface area contributed by atoms with Crippen molar-refractivity contribution in [1.29, 1.82) is 0 Å². The Labute approximate surface area is 217 Å². The Bertz CT molecular complexity index is 1370. The number of rotatable bonds is 6. The van der Waals surface area contributed by atoms with Crippen molar-refractivity contribution in [3.8, 4) is 16.9 Å². The maximum atomic E-state index is 13.1. The van der Waals surface area contributed by atoms with E-state index in [1.54, 1.807) is 42.6 Å². The maximum absolute atomic E-state index is 13.1. The number of ether oxygens (including phenoxy) is 1. The fraction of sp³-hybridized carbons (Fsp3) is 0.250. The highest BCUT2D eigenvalue weighted by atomic mass is 35.5. The molecule has 2 amide bonds. The lowest BCUT2D eigenvalue weighted by Crippen LogP contribution is -2.58. The first-order valence-electron chi connectivity index (χ1n) is 11.8. The number of halogens is 3. The number of alkyl halides is 2. The van der Waals surface area contributed by atoms with Gasteiger partial charge in [-0.2, -0.15) is 0 Å². The highest BCUT2D eigenvalue weighted by Crippen LogP contribution is 2.40. The van der Waals surface area contributed by atoms with Gasteiger partial charge in [-0.1, -0.05) is 29.8 Å². The molecule has 2 aliphatic heterocycles. The molecule has 6 nitrogen and oxygen atoms in total. The topological polar surface area (TPSA) is 71.5 Å². The van der Waals surface area contributed by atoms with Crippen molar-refractivity contribution in [2.45, 2.75) is 31.9 Å². The molecule has 9 heteroatoms. The number of benzene rings is 2. The lowest BCUT2D eigenvalue weighted by molar-refractivity contribution is -0.116. The van der Waals surface area contributed by atoms with Gasteiger partial charge in [-0.3, -0.25) is 14.6 Å². The third-order valence-electron chi connectivity index (χ3n) is 6.31. The van der Waals surface area contributed by atoms with Gasteiger partial charge in [0.15, 0.2) is 0 Å². The molecule has 2 aromatic carbocycles. The van der Waals surface area contributed by atoms with Gasteiger partial charge >= 0.3 is 0 Å². The Morgan fingerprint density at radius 3 is 2.59 bits per heavy atom. The van der Waals surface area contributed by atoms with Crippen LogP contribution in [0.4, 0.5) is 8.78 Å². The molecule has 1 N–H and O–H groups in total. The predicted octanol–water partition coefficient (Wildman–Crippen LogP) is 4.98. The van der Waals surface area contributed by atoms with Crippen LogP contribution in [0.2, 0.25) is 5.02 Å². The molecule has 3 heterocycles. The monoisotopic (exact) mass is 523 g/mol. The van der Waals surface area contributed by atoms with Crippen LogP contribution in [-0.4, -0.2) is 46.8 Å². The number of likely N-dealkylation sites (tertiary alicyclic amines) is 1. The molecule has 1 atom stereocenters. The molecule has 0 bridgehead atoms. The number of fused-ring (bicyclic) bond motifs is 1. The smallest absolute Gasteiger partial charge is 0.282 e. The van der Waals surface area contributed by atoms with Crippen LogP contribution < -0.4 is 10.1 Å². The summed E-state index contributed by atoms with van der Waals surface area (Å²) >= 11 is 6.49.